The summed E-state index contributed by atoms with van der Waals surface area (Å²) in [4.78, 5) is 10.8. The second-order valence-corrected chi connectivity index (χ2v) is 3.91. The van der Waals surface area contributed by atoms with Crippen LogP contribution in [-0.2, 0) is 11.3 Å². The van der Waals surface area contributed by atoms with Gasteiger partial charge in [0.1, 0.15) is 6.04 Å². The number of nitrogens with one attached hydrogen (secondary N) is 1. The lowest BCUT2D eigenvalue weighted by Crippen LogP contribution is -2.21. The molecule has 0 saturated carbocycles. The Morgan fingerprint density at radius 2 is 2.38 bits per heavy atom. The molecule has 1 aliphatic rings. The van der Waals surface area contributed by atoms with Crippen LogP contribution in [0.5, 0.6) is 0 Å². The Hall–Kier alpha value is -0.870. The maximum absolute atomic E-state index is 10.8. The quantitative estimate of drug-likeness (QED) is 0.787. The van der Waals surface area contributed by atoms with Gasteiger partial charge in [-0.05, 0) is 23.3 Å². The highest BCUT2D eigenvalue weighted by molar-refractivity contribution is 9.10. The Labute approximate surface area is 83.9 Å². The zero-order chi connectivity index (χ0) is 9.42. The fourth-order valence-electron chi connectivity index (χ4n) is 1.55. The number of fused-ring (bicyclic) bond motifs is 1. The van der Waals surface area contributed by atoms with E-state index in [-0.39, 0.29) is 0 Å². The molecule has 4 heteroatoms. The van der Waals surface area contributed by atoms with Crippen molar-refractivity contribution in [1.82, 2.24) is 5.32 Å². The minimum absolute atomic E-state index is 0.539. The van der Waals surface area contributed by atoms with Crippen molar-refractivity contribution in [2.24, 2.45) is 0 Å². The molecule has 0 saturated heterocycles. The van der Waals surface area contributed by atoms with E-state index >= 15 is 0 Å². The molecule has 0 fully saturated rings. The molecule has 2 rings (SSSR count). The number of rotatable bonds is 1. The third-order valence-corrected chi connectivity index (χ3v) is 2.65. The van der Waals surface area contributed by atoms with Crippen LogP contribution in [0.4, 0.5) is 0 Å². The zero-order valence-electron chi connectivity index (χ0n) is 6.75. The standard InChI is InChI=1S/C9H8BrNO2/c10-6-1-2-7-5(3-6)4-11-8(7)9(12)13/h1-3,8,11H,4H2,(H,12,13)/t8-/m0/s1. The molecule has 0 aromatic heterocycles. The van der Waals surface area contributed by atoms with Gasteiger partial charge in [0.2, 0.25) is 0 Å². The van der Waals surface area contributed by atoms with Crippen LogP contribution in [0.25, 0.3) is 0 Å². The predicted octanol–water partition coefficient (Wildman–Crippen LogP) is 1.68. The first-order valence-corrected chi connectivity index (χ1v) is 4.72. The number of aliphatic carboxylic acids is 1. The minimum Gasteiger partial charge on any atom is -0.480 e. The van der Waals surface area contributed by atoms with E-state index in [1.165, 1.54) is 0 Å². The van der Waals surface area contributed by atoms with Crippen LogP contribution in [-0.4, -0.2) is 11.1 Å². The van der Waals surface area contributed by atoms with Crippen LogP contribution in [0.15, 0.2) is 22.7 Å². The molecule has 0 spiro atoms. The van der Waals surface area contributed by atoms with Gasteiger partial charge in [-0.25, -0.2) is 0 Å². The lowest BCUT2D eigenvalue weighted by Gasteiger charge is -2.04. The molecule has 1 aliphatic heterocycles. The smallest absolute Gasteiger partial charge is 0.325 e. The summed E-state index contributed by atoms with van der Waals surface area (Å²) < 4.78 is 0.985. The summed E-state index contributed by atoms with van der Waals surface area (Å²) in [5.41, 5.74) is 1.93. The summed E-state index contributed by atoms with van der Waals surface area (Å²) in [6.45, 7) is 0.631. The van der Waals surface area contributed by atoms with Crippen molar-refractivity contribution < 1.29 is 9.90 Å². The Bertz CT molecular complexity index is 365. The number of hydrogen-bond donors (Lipinski definition) is 2. The van der Waals surface area contributed by atoms with Gasteiger partial charge in [0, 0.05) is 11.0 Å². The van der Waals surface area contributed by atoms with E-state index in [0.29, 0.717) is 6.54 Å². The Kier molecular flexibility index (Phi) is 2.09. The van der Waals surface area contributed by atoms with Gasteiger partial charge in [-0.15, -0.1) is 0 Å². The normalized spacial score (nSPS) is 19.9. The number of carboxylic acids is 1. The van der Waals surface area contributed by atoms with Crippen molar-refractivity contribution >= 4 is 21.9 Å². The number of halogens is 1. The predicted molar refractivity (Wildman–Crippen MR) is 51.4 cm³/mol. The lowest BCUT2D eigenvalue weighted by atomic mass is 10.1. The van der Waals surface area contributed by atoms with E-state index < -0.39 is 12.0 Å². The van der Waals surface area contributed by atoms with Crippen molar-refractivity contribution in [3.63, 3.8) is 0 Å². The third-order valence-electron chi connectivity index (χ3n) is 2.16. The maximum atomic E-state index is 10.8. The van der Waals surface area contributed by atoms with Crippen molar-refractivity contribution in [3.8, 4) is 0 Å². The molecule has 0 radical (unpaired) electrons. The van der Waals surface area contributed by atoms with Crippen LogP contribution in [0, 0.1) is 0 Å². The fraction of sp³-hybridized carbons (Fsp3) is 0.222. The van der Waals surface area contributed by atoms with Crippen LogP contribution in [0.1, 0.15) is 17.2 Å². The summed E-state index contributed by atoms with van der Waals surface area (Å²) in [6, 6.07) is 5.12. The van der Waals surface area contributed by atoms with Gasteiger partial charge in [-0.3, -0.25) is 10.1 Å². The molecule has 0 amide bonds. The first-order valence-electron chi connectivity index (χ1n) is 3.93. The van der Waals surface area contributed by atoms with E-state index in [1.807, 2.05) is 18.2 Å². The average Bonchev–Trinajstić information content (AvgIpc) is 2.46. The van der Waals surface area contributed by atoms with Crippen LogP contribution >= 0.6 is 15.9 Å². The molecule has 3 nitrogen and oxygen atoms in total. The van der Waals surface area contributed by atoms with Crippen LogP contribution in [0.2, 0.25) is 0 Å². The molecule has 0 unspecified atom stereocenters. The molecule has 1 heterocycles. The van der Waals surface area contributed by atoms with Crippen molar-refractivity contribution in [1.29, 1.82) is 0 Å². The Morgan fingerprint density at radius 3 is 3.08 bits per heavy atom. The van der Waals surface area contributed by atoms with E-state index in [1.54, 1.807) is 0 Å². The SMILES string of the molecule is O=C(O)[C@H]1NCc2cc(Br)ccc21. The molecule has 13 heavy (non-hydrogen) atoms. The Morgan fingerprint density at radius 1 is 1.62 bits per heavy atom. The van der Waals surface area contributed by atoms with Gasteiger partial charge >= 0.3 is 5.97 Å². The van der Waals surface area contributed by atoms with Crippen LogP contribution in [0.3, 0.4) is 0 Å². The molecular weight excluding hydrogens is 234 g/mol. The molecule has 1 aromatic rings. The topological polar surface area (TPSA) is 49.3 Å². The van der Waals surface area contributed by atoms with Gasteiger partial charge in [0.25, 0.3) is 0 Å². The summed E-state index contributed by atoms with van der Waals surface area (Å²) in [5, 5.41) is 11.8. The van der Waals surface area contributed by atoms with E-state index in [4.69, 9.17) is 5.11 Å². The van der Waals surface area contributed by atoms with Crippen LogP contribution < -0.4 is 5.32 Å². The van der Waals surface area contributed by atoms with Gasteiger partial charge in [0.05, 0.1) is 0 Å². The van der Waals surface area contributed by atoms with Crippen molar-refractivity contribution in [2.75, 3.05) is 0 Å². The second-order valence-electron chi connectivity index (χ2n) is 3.00. The molecule has 2 N–H and O–H groups in total. The summed E-state index contributed by atoms with van der Waals surface area (Å²) in [5.74, 6) is -0.818. The van der Waals surface area contributed by atoms with Gasteiger partial charge < -0.3 is 5.11 Å². The molecule has 0 bridgehead atoms. The number of benzene rings is 1. The third kappa shape index (κ3) is 1.47. The van der Waals surface area contributed by atoms with E-state index in [0.717, 1.165) is 15.6 Å². The van der Waals surface area contributed by atoms with Gasteiger partial charge in [-0.2, -0.15) is 0 Å². The summed E-state index contributed by atoms with van der Waals surface area (Å²) in [7, 11) is 0. The number of carbonyl (C=O) groups is 1. The molecule has 1 atom stereocenters. The lowest BCUT2D eigenvalue weighted by molar-refractivity contribution is -0.139. The molecule has 1 aromatic carbocycles. The van der Waals surface area contributed by atoms with Crippen molar-refractivity contribution in [3.05, 3.63) is 33.8 Å². The fourth-order valence-corrected chi connectivity index (χ4v) is 1.96. The zero-order valence-corrected chi connectivity index (χ0v) is 8.34. The minimum atomic E-state index is -0.818. The monoisotopic (exact) mass is 241 g/mol. The highest BCUT2D eigenvalue weighted by Crippen LogP contribution is 2.27. The first kappa shape index (κ1) is 8.72. The highest BCUT2D eigenvalue weighted by Gasteiger charge is 2.27. The highest BCUT2D eigenvalue weighted by atomic mass is 79.9. The van der Waals surface area contributed by atoms with E-state index in [2.05, 4.69) is 21.2 Å². The first-order chi connectivity index (χ1) is 6.18. The Balaban J connectivity index is 2.44. The number of hydrogen-bond acceptors (Lipinski definition) is 2. The second kappa shape index (κ2) is 3.12. The molecule has 68 valence electrons. The maximum Gasteiger partial charge on any atom is 0.325 e. The van der Waals surface area contributed by atoms with Gasteiger partial charge in [-0.1, -0.05) is 22.0 Å². The summed E-state index contributed by atoms with van der Waals surface area (Å²) in [6.07, 6.45) is 0. The molecule has 0 aliphatic carbocycles. The number of carboxylic acid groups (broad SMARTS) is 1. The van der Waals surface area contributed by atoms with Gasteiger partial charge in [0.15, 0.2) is 0 Å². The molecular formula is C9H8BrNO2. The average molecular weight is 242 g/mol. The largest absolute Gasteiger partial charge is 0.480 e. The van der Waals surface area contributed by atoms with Crippen molar-refractivity contribution in [2.45, 2.75) is 12.6 Å². The summed E-state index contributed by atoms with van der Waals surface area (Å²) >= 11 is 3.35. The van der Waals surface area contributed by atoms with E-state index in [9.17, 15) is 4.79 Å².